The first-order chi connectivity index (χ1) is 10.9. The summed E-state index contributed by atoms with van der Waals surface area (Å²) in [4.78, 5) is 13.1. The molecule has 0 aliphatic heterocycles. The molecule has 0 atom stereocenters. The van der Waals surface area contributed by atoms with E-state index in [1.807, 2.05) is 0 Å². The van der Waals surface area contributed by atoms with Crippen LogP contribution in [-0.2, 0) is 4.79 Å². The molecule has 0 spiro atoms. The summed E-state index contributed by atoms with van der Waals surface area (Å²) in [6, 6.07) is 0. The normalized spacial score (nSPS) is 25.5. The van der Waals surface area contributed by atoms with Crippen molar-refractivity contribution < 1.29 is 4.79 Å². The van der Waals surface area contributed by atoms with Gasteiger partial charge in [-0.1, -0.05) is 89.9 Å². The first-order valence-electron chi connectivity index (χ1n) is 10.4. The molecule has 2 saturated carbocycles. The molecule has 0 saturated heterocycles. The van der Waals surface area contributed by atoms with E-state index in [1.54, 1.807) is 0 Å². The van der Waals surface area contributed by atoms with Crippen LogP contribution in [0.2, 0.25) is 0 Å². The molecule has 0 unspecified atom stereocenters. The Morgan fingerprint density at radius 1 is 0.409 bits per heavy atom. The minimum atomic E-state index is 0.408. The van der Waals surface area contributed by atoms with Gasteiger partial charge in [-0.2, -0.15) is 0 Å². The van der Waals surface area contributed by atoms with Gasteiger partial charge in [0.25, 0.3) is 0 Å². The van der Waals surface area contributed by atoms with E-state index in [-0.39, 0.29) is 0 Å². The van der Waals surface area contributed by atoms with Crippen LogP contribution < -0.4 is 0 Å². The molecule has 22 heavy (non-hydrogen) atoms. The maximum absolute atomic E-state index is 13.1. The second-order valence-electron chi connectivity index (χ2n) is 7.90. The molecule has 0 amide bonds. The third-order valence-corrected chi connectivity index (χ3v) is 6.02. The summed E-state index contributed by atoms with van der Waals surface area (Å²) in [5.74, 6) is 1.48. The maximum atomic E-state index is 13.1. The highest BCUT2D eigenvalue weighted by atomic mass is 16.1. The van der Waals surface area contributed by atoms with E-state index in [1.165, 1.54) is 116 Å². The lowest BCUT2D eigenvalue weighted by atomic mass is 9.80. The number of rotatable bonds is 2. The molecule has 0 heterocycles. The SMILES string of the molecule is O=C(C1CCCCCCCCC1)C1CCCCCCCCC1. The molecule has 0 aromatic rings. The number of Topliss-reactive ketones (excluding diaryl/α,β-unsaturated/α-hetero) is 1. The van der Waals surface area contributed by atoms with Crippen LogP contribution in [-0.4, -0.2) is 5.78 Å². The van der Waals surface area contributed by atoms with E-state index < -0.39 is 0 Å². The van der Waals surface area contributed by atoms with Crippen LogP contribution in [0.25, 0.3) is 0 Å². The summed E-state index contributed by atoms with van der Waals surface area (Å²) in [6.45, 7) is 0. The monoisotopic (exact) mass is 306 g/mol. The summed E-state index contributed by atoms with van der Waals surface area (Å²) >= 11 is 0. The Bertz CT molecular complexity index is 248. The Balaban J connectivity index is 1.86. The first-order valence-corrected chi connectivity index (χ1v) is 10.4. The third kappa shape index (κ3) is 6.84. The molecule has 0 aromatic heterocycles. The number of carbonyl (C=O) groups is 1. The maximum Gasteiger partial charge on any atom is 0.139 e. The van der Waals surface area contributed by atoms with Crippen molar-refractivity contribution in [3.05, 3.63) is 0 Å². The van der Waals surface area contributed by atoms with E-state index >= 15 is 0 Å². The number of hydrogen-bond donors (Lipinski definition) is 0. The van der Waals surface area contributed by atoms with Gasteiger partial charge in [-0.15, -0.1) is 0 Å². The first kappa shape index (κ1) is 18.0. The molecule has 128 valence electrons. The summed E-state index contributed by atoms with van der Waals surface area (Å²) in [6.07, 6.45) is 23.8. The Labute approximate surface area is 138 Å². The Morgan fingerprint density at radius 3 is 0.909 bits per heavy atom. The minimum Gasteiger partial charge on any atom is -0.299 e. The highest BCUT2D eigenvalue weighted by Gasteiger charge is 2.26. The zero-order valence-corrected chi connectivity index (χ0v) is 14.8. The van der Waals surface area contributed by atoms with Crippen molar-refractivity contribution in [2.24, 2.45) is 11.8 Å². The molecule has 2 fully saturated rings. The van der Waals surface area contributed by atoms with E-state index in [0.29, 0.717) is 17.6 Å². The van der Waals surface area contributed by atoms with E-state index in [9.17, 15) is 4.79 Å². The van der Waals surface area contributed by atoms with Gasteiger partial charge in [0.2, 0.25) is 0 Å². The van der Waals surface area contributed by atoms with Gasteiger partial charge in [-0.05, 0) is 25.7 Å². The summed E-state index contributed by atoms with van der Waals surface area (Å²) in [7, 11) is 0. The molecule has 2 aliphatic rings. The number of carbonyl (C=O) groups excluding carboxylic acids is 1. The summed E-state index contributed by atoms with van der Waals surface area (Å²) < 4.78 is 0. The summed E-state index contributed by atoms with van der Waals surface area (Å²) in [5, 5.41) is 0. The second kappa shape index (κ2) is 11.2. The molecular formula is C21H38O. The lowest BCUT2D eigenvalue weighted by molar-refractivity contribution is -0.128. The van der Waals surface area contributed by atoms with Crippen LogP contribution in [0.15, 0.2) is 0 Å². The van der Waals surface area contributed by atoms with Gasteiger partial charge in [-0.25, -0.2) is 0 Å². The Hall–Kier alpha value is -0.330. The molecule has 1 nitrogen and oxygen atoms in total. The molecule has 0 radical (unpaired) electrons. The van der Waals surface area contributed by atoms with E-state index in [2.05, 4.69) is 0 Å². The quantitative estimate of drug-likeness (QED) is 0.546. The lowest BCUT2D eigenvalue weighted by Gasteiger charge is -2.24. The molecule has 1 heteroatoms. The van der Waals surface area contributed by atoms with Crippen molar-refractivity contribution in [1.82, 2.24) is 0 Å². The van der Waals surface area contributed by atoms with Crippen LogP contribution in [0.1, 0.15) is 116 Å². The fourth-order valence-corrected chi connectivity index (χ4v) is 4.52. The second-order valence-corrected chi connectivity index (χ2v) is 7.90. The van der Waals surface area contributed by atoms with Crippen molar-refractivity contribution in [1.29, 1.82) is 0 Å². The molecule has 0 aromatic carbocycles. The molecule has 2 rings (SSSR count). The average molecular weight is 307 g/mol. The average Bonchev–Trinajstić information content (AvgIpc) is 2.56. The Morgan fingerprint density at radius 2 is 0.636 bits per heavy atom. The summed E-state index contributed by atoms with van der Waals surface area (Å²) in [5.41, 5.74) is 0. The molecule has 0 N–H and O–H groups in total. The van der Waals surface area contributed by atoms with Crippen LogP contribution in [0.5, 0.6) is 0 Å². The van der Waals surface area contributed by atoms with Gasteiger partial charge in [0.05, 0.1) is 0 Å². The minimum absolute atomic E-state index is 0.408. The van der Waals surface area contributed by atoms with Gasteiger partial charge >= 0.3 is 0 Å². The van der Waals surface area contributed by atoms with Crippen LogP contribution in [0.4, 0.5) is 0 Å². The van der Waals surface area contributed by atoms with Crippen LogP contribution in [0, 0.1) is 11.8 Å². The number of hydrogen-bond acceptors (Lipinski definition) is 1. The smallest absolute Gasteiger partial charge is 0.139 e. The van der Waals surface area contributed by atoms with Gasteiger partial charge < -0.3 is 0 Å². The largest absolute Gasteiger partial charge is 0.299 e. The fourth-order valence-electron chi connectivity index (χ4n) is 4.52. The van der Waals surface area contributed by atoms with Gasteiger partial charge in [-0.3, -0.25) is 4.79 Å². The van der Waals surface area contributed by atoms with Crippen molar-refractivity contribution in [3.63, 3.8) is 0 Å². The van der Waals surface area contributed by atoms with E-state index in [4.69, 9.17) is 0 Å². The van der Waals surface area contributed by atoms with Gasteiger partial charge in [0.1, 0.15) is 5.78 Å². The van der Waals surface area contributed by atoms with Crippen molar-refractivity contribution in [2.75, 3.05) is 0 Å². The fraction of sp³-hybridized carbons (Fsp3) is 0.952. The van der Waals surface area contributed by atoms with Crippen LogP contribution >= 0.6 is 0 Å². The predicted octanol–water partition coefficient (Wildman–Crippen LogP) is 6.84. The van der Waals surface area contributed by atoms with Crippen molar-refractivity contribution in [2.45, 2.75) is 116 Å². The highest BCUT2D eigenvalue weighted by Crippen LogP contribution is 2.29. The van der Waals surface area contributed by atoms with Crippen LogP contribution in [0.3, 0.4) is 0 Å². The highest BCUT2D eigenvalue weighted by molar-refractivity contribution is 5.83. The lowest BCUT2D eigenvalue weighted by Crippen LogP contribution is -2.24. The standard InChI is InChI=1S/C21H38O/c22-21(19-15-11-7-3-1-4-8-12-16-19)20-17-13-9-5-2-6-10-14-18-20/h19-20H,1-18H2. The Kier molecular flexibility index (Phi) is 9.21. The molecular weight excluding hydrogens is 268 g/mol. The van der Waals surface area contributed by atoms with Gasteiger partial charge in [0, 0.05) is 11.8 Å². The zero-order valence-electron chi connectivity index (χ0n) is 14.8. The molecule has 2 aliphatic carbocycles. The molecule has 0 bridgehead atoms. The zero-order chi connectivity index (χ0) is 15.5. The van der Waals surface area contributed by atoms with Crippen molar-refractivity contribution in [3.8, 4) is 0 Å². The van der Waals surface area contributed by atoms with E-state index in [0.717, 1.165) is 0 Å². The van der Waals surface area contributed by atoms with Crippen molar-refractivity contribution >= 4 is 5.78 Å². The van der Waals surface area contributed by atoms with Gasteiger partial charge in [0.15, 0.2) is 0 Å². The third-order valence-electron chi connectivity index (χ3n) is 6.02. The predicted molar refractivity (Wildman–Crippen MR) is 95.1 cm³/mol. The topological polar surface area (TPSA) is 17.1 Å². The number of ketones is 1.